The van der Waals surface area contributed by atoms with Crippen molar-refractivity contribution in [3.05, 3.63) is 24.3 Å². The highest BCUT2D eigenvalue weighted by Crippen LogP contribution is 2.33. The second-order valence-electron chi connectivity index (χ2n) is 5.87. The van der Waals surface area contributed by atoms with Gasteiger partial charge in [0.05, 0.1) is 0 Å². The van der Waals surface area contributed by atoms with Crippen LogP contribution >= 0.6 is 0 Å². The number of hydrogen-bond donors (Lipinski definition) is 0. The predicted molar refractivity (Wildman–Crippen MR) is 82.8 cm³/mol. The zero-order valence-electron chi connectivity index (χ0n) is 12.5. The fourth-order valence-electron chi connectivity index (χ4n) is 3.04. The minimum absolute atomic E-state index is 1.02. The molecule has 0 unspecified atom stereocenters. The Bertz CT molecular complexity index is 228. The van der Waals surface area contributed by atoms with Gasteiger partial charge in [-0.05, 0) is 50.9 Å². The van der Waals surface area contributed by atoms with Gasteiger partial charge in [0.25, 0.3) is 0 Å². The van der Waals surface area contributed by atoms with Crippen molar-refractivity contribution in [2.75, 3.05) is 0 Å². The maximum Gasteiger partial charge on any atom is -0.0348 e. The Hall–Kier alpha value is -0.520. The molecule has 0 aromatic rings. The highest BCUT2D eigenvalue weighted by molar-refractivity contribution is 4.84. The molecule has 0 aromatic carbocycles. The summed E-state index contributed by atoms with van der Waals surface area (Å²) in [5.41, 5.74) is 0. The average Bonchev–Trinajstić information content (AvgIpc) is 2.40. The first-order valence-electron chi connectivity index (χ1n) is 8.13. The third kappa shape index (κ3) is 7.03. The molecule has 1 saturated carbocycles. The monoisotopic (exact) mass is 248 g/mol. The SMILES string of the molecule is C/C=C/CCC1CCC(CC/C=C/CCC)CC1. The van der Waals surface area contributed by atoms with Gasteiger partial charge in [0.1, 0.15) is 0 Å². The summed E-state index contributed by atoms with van der Waals surface area (Å²) in [6, 6.07) is 0. The summed E-state index contributed by atoms with van der Waals surface area (Å²) in [5.74, 6) is 2.04. The van der Waals surface area contributed by atoms with Gasteiger partial charge in [-0.25, -0.2) is 0 Å². The average molecular weight is 248 g/mol. The van der Waals surface area contributed by atoms with Crippen LogP contribution in [0.5, 0.6) is 0 Å². The molecule has 1 aliphatic carbocycles. The molecule has 0 radical (unpaired) electrons. The Kier molecular flexibility index (Phi) is 8.98. The lowest BCUT2D eigenvalue weighted by Crippen LogP contribution is -2.14. The fraction of sp³-hybridized carbons (Fsp3) is 0.778. The van der Waals surface area contributed by atoms with Crippen molar-refractivity contribution >= 4 is 0 Å². The summed E-state index contributed by atoms with van der Waals surface area (Å²) in [5, 5.41) is 0. The van der Waals surface area contributed by atoms with Gasteiger partial charge >= 0.3 is 0 Å². The summed E-state index contributed by atoms with van der Waals surface area (Å²) in [6.45, 7) is 4.38. The van der Waals surface area contributed by atoms with Crippen LogP contribution in [-0.4, -0.2) is 0 Å². The minimum Gasteiger partial charge on any atom is -0.0917 e. The second kappa shape index (κ2) is 10.4. The van der Waals surface area contributed by atoms with E-state index in [1.807, 2.05) is 0 Å². The molecule has 0 N–H and O–H groups in total. The summed E-state index contributed by atoms with van der Waals surface area (Å²) in [7, 11) is 0. The van der Waals surface area contributed by atoms with E-state index in [1.165, 1.54) is 64.2 Å². The topological polar surface area (TPSA) is 0 Å². The first kappa shape index (κ1) is 15.5. The van der Waals surface area contributed by atoms with E-state index in [9.17, 15) is 0 Å². The first-order valence-corrected chi connectivity index (χ1v) is 8.13. The molecule has 0 aromatic heterocycles. The number of rotatable bonds is 8. The van der Waals surface area contributed by atoms with E-state index in [2.05, 4.69) is 38.2 Å². The largest absolute Gasteiger partial charge is 0.0917 e. The Balaban J connectivity index is 2.04. The lowest BCUT2D eigenvalue weighted by molar-refractivity contribution is 0.255. The van der Waals surface area contributed by atoms with Crippen molar-refractivity contribution in [3.8, 4) is 0 Å². The van der Waals surface area contributed by atoms with Crippen molar-refractivity contribution < 1.29 is 0 Å². The summed E-state index contributed by atoms with van der Waals surface area (Å²) >= 11 is 0. The van der Waals surface area contributed by atoms with Crippen LogP contribution in [0.4, 0.5) is 0 Å². The predicted octanol–water partition coefficient (Wildman–Crippen LogP) is 6.29. The molecule has 0 nitrogen and oxygen atoms in total. The van der Waals surface area contributed by atoms with E-state index >= 15 is 0 Å². The minimum atomic E-state index is 1.02. The van der Waals surface area contributed by atoms with Crippen molar-refractivity contribution in [2.24, 2.45) is 11.8 Å². The van der Waals surface area contributed by atoms with Gasteiger partial charge in [-0.1, -0.05) is 63.3 Å². The van der Waals surface area contributed by atoms with Gasteiger partial charge in [0, 0.05) is 0 Å². The molecular formula is C18H32. The Morgan fingerprint density at radius 3 is 1.78 bits per heavy atom. The standard InChI is InChI=1S/C18H32/c1-3-5-7-8-10-12-18-15-13-17(14-16-18)11-9-6-4-2/h4,6-8,17-18H,3,5,9-16H2,1-2H3/b6-4+,8-7+. The van der Waals surface area contributed by atoms with E-state index < -0.39 is 0 Å². The van der Waals surface area contributed by atoms with Crippen molar-refractivity contribution in [2.45, 2.75) is 78.1 Å². The van der Waals surface area contributed by atoms with Crippen LogP contribution in [-0.2, 0) is 0 Å². The van der Waals surface area contributed by atoms with Gasteiger partial charge in [0.15, 0.2) is 0 Å². The molecular weight excluding hydrogens is 216 g/mol. The van der Waals surface area contributed by atoms with E-state index in [4.69, 9.17) is 0 Å². The Labute approximate surface area is 115 Å². The van der Waals surface area contributed by atoms with Crippen molar-refractivity contribution in [3.63, 3.8) is 0 Å². The molecule has 0 heteroatoms. The third-order valence-electron chi connectivity index (χ3n) is 4.31. The molecule has 0 bridgehead atoms. The van der Waals surface area contributed by atoms with Gasteiger partial charge < -0.3 is 0 Å². The molecule has 0 saturated heterocycles. The van der Waals surface area contributed by atoms with Crippen LogP contribution in [0.1, 0.15) is 78.1 Å². The molecule has 18 heavy (non-hydrogen) atoms. The molecule has 1 rings (SSSR count). The molecule has 1 aliphatic rings. The zero-order valence-corrected chi connectivity index (χ0v) is 12.5. The van der Waals surface area contributed by atoms with Crippen LogP contribution in [0.15, 0.2) is 24.3 Å². The number of allylic oxidation sites excluding steroid dienone is 4. The van der Waals surface area contributed by atoms with E-state index in [0.29, 0.717) is 0 Å². The molecule has 104 valence electrons. The molecule has 0 atom stereocenters. The Morgan fingerprint density at radius 2 is 1.28 bits per heavy atom. The lowest BCUT2D eigenvalue weighted by atomic mass is 9.78. The van der Waals surface area contributed by atoms with Crippen molar-refractivity contribution in [1.82, 2.24) is 0 Å². The molecule has 0 spiro atoms. The second-order valence-corrected chi connectivity index (χ2v) is 5.87. The van der Waals surface area contributed by atoms with Crippen LogP contribution in [0.3, 0.4) is 0 Å². The van der Waals surface area contributed by atoms with Crippen LogP contribution < -0.4 is 0 Å². The number of unbranched alkanes of at least 4 members (excludes halogenated alkanes) is 1. The van der Waals surface area contributed by atoms with Gasteiger partial charge in [-0.3, -0.25) is 0 Å². The van der Waals surface area contributed by atoms with E-state index in [-0.39, 0.29) is 0 Å². The molecule has 0 amide bonds. The highest BCUT2D eigenvalue weighted by Gasteiger charge is 2.19. The van der Waals surface area contributed by atoms with Crippen LogP contribution in [0, 0.1) is 11.8 Å². The normalized spacial score (nSPS) is 25.2. The maximum absolute atomic E-state index is 2.40. The molecule has 0 aliphatic heterocycles. The zero-order chi connectivity index (χ0) is 13.1. The first-order chi connectivity index (χ1) is 8.86. The van der Waals surface area contributed by atoms with Gasteiger partial charge in [0.2, 0.25) is 0 Å². The van der Waals surface area contributed by atoms with Gasteiger partial charge in [-0.15, -0.1) is 0 Å². The third-order valence-corrected chi connectivity index (χ3v) is 4.31. The number of hydrogen-bond acceptors (Lipinski definition) is 0. The summed E-state index contributed by atoms with van der Waals surface area (Å²) in [6.07, 6.45) is 23.2. The highest BCUT2D eigenvalue weighted by atomic mass is 14.2. The smallest absolute Gasteiger partial charge is 0.0348 e. The van der Waals surface area contributed by atoms with Crippen LogP contribution in [0.2, 0.25) is 0 Å². The van der Waals surface area contributed by atoms with E-state index in [1.54, 1.807) is 0 Å². The van der Waals surface area contributed by atoms with Gasteiger partial charge in [-0.2, -0.15) is 0 Å². The quantitative estimate of drug-likeness (QED) is 0.443. The lowest BCUT2D eigenvalue weighted by Gasteiger charge is -2.28. The maximum atomic E-state index is 2.40. The van der Waals surface area contributed by atoms with Crippen LogP contribution in [0.25, 0.3) is 0 Å². The molecule has 1 fully saturated rings. The summed E-state index contributed by atoms with van der Waals surface area (Å²) in [4.78, 5) is 0. The summed E-state index contributed by atoms with van der Waals surface area (Å²) < 4.78 is 0. The Morgan fingerprint density at radius 1 is 0.778 bits per heavy atom. The molecule has 0 heterocycles. The van der Waals surface area contributed by atoms with E-state index in [0.717, 1.165) is 11.8 Å². The van der Waals surface area contributed by atoms with Crippen molar-refractivity contribution in [1.29, 1.82) is 0 Å². The fourth-order valence-corrected chi connectivity index (χ4v) is 3.04.